The second-order valence-electron chi connectivity index (χ2n) is 5.91. The topological polar surface area (TPSA) is 103 Å². The molecule has 0 aliphatic rings. The lowest BCUT2D eigenvalue weighted by Gasteiger charge is -2.11. The Labute approximate surface area is 144 Å². The van der Waals surface area contributed by atoms with Gasteiger partial charge in [0.25, 0.3) is 5.91 Å². The number of rotatable bonds is 6. The summed E-state index contributed by atoms with van der Waals surface area (Å²) in [6.07, 6.45) is 1.41. The maximum absolute atomic E-state index is 12.1. The fourth-order valence-corrected chi connectivity index (χ4v) is 2.23. The van der Waals surface area contributed by atoms with Crippen LogP contribution in [0.2, 0.25) is 0 Å². The summed E-state index contributed by atoms with van der Waals surface area (Å²) in [6.45, 7) is 5.52. The molecular formula is C17H19N5O3. The second kappa shape index (κ2) is 7.25. The van der Waals surface area contributed by atoms with E-state index in [1.54, 1.807) is 6.92 Å². The molecule has 130 valence electrons. The first-order chi connectivity index (χ1) is 12.0. The van der Waals surface area contributed by atoms with Crippen LogP contribution < -0.4 is 10.1 Å². The van der Waals surface area contributed by atoms with Crippen LogP contribution in [-0.2, 0) is 4.79 Å². The van der Waals surface area contributed by atoms with Gasteiger partial charge in [-0.15, -0.1) is 10.2 Å². The molecule has 25 heavy (non-hydrogen) atoms. The highest BCUT2D eigenvalue weighted by atomic mass is 16.5. The van der Waals surface area contributed by atoms with Crippen LogP contribution >= 0.6 is 0 Å². The number of amides is 1. The van der Waals surface area contributed by atoms with E-state index in [9.17, 15) is 4.79 Å². The molecule has 1 amide bonds. The molecule has 0 unspecified atom stereocenters. The van der Waals surface area contributed by atoms with E-state index < -0.39 is 6.04 Å². The molecule has 1 aromatic carbocycles. The van der Waals surface area contributed by atoms with Crippen LogP contribution in [0.15, 0.2) is 35.0 Å². The van der Waals surface area contributed by atoms with Crippen molar-refractivity contribution in [1.29, 1.82) is 0 Å². The first-order valence-corrected chi connectivity index (χ1v) is 7.99. The minimum Gasteiger partial charge on any atom is -0.467 e. The largest absolute Gasteiger partial charge is 0.467 e. The zero-order valence-electron chi connectivity index (χ0n) is 14.3. The van der Waals surface area contributed by atoms with Gasteiger partial charge >= 0.3 is 0 Å². The summed E-state index contributed by atoms with van der Waals surface area (Å²) in [5, 5.41) is 11.4. The van der Waals surface area contributed by atoms with E-state index in [0.29, 0.717) is 17.7 Å². The Balaban J connectivity index is 1.60. The third-order valence-electron chi connectivity index (χ3n) is 3.54. The molecule has 0 fully saturated rings. The van der Waals surface area contributed by atoms with Crippen molar-refractivity contribution < 1.29 is 13.9 Å². The molecule has 0 bridgehead atoms. The molecule has 3 rings (SSSR count). The fraction of sp³-hybridized carbons (Fsp3) is 0.353. The number of para-hydroxylation sites is 1. The SMILES string of the molecule is CC(C)c1nnc([C@@H](C)NC(=O)COc2ncnc3ccccc23)o1. The summed E-state index contributed by atoms with van der Waals surface area (Å²) in [7, 11) is 0. The Morgan fingerprint density at radius 3 is 2.68 bits per heavy atom. The summed E-state index contributed by atoms with van der Waals surface area (Å²) >= 11 is 0. The molecule has 2 aromatic heterocycles. The Morgan fingerprint density at radius 2 is 1.92 bits per heavy atom. The van der Waals surface area contributed by atoms with Crippen molar-refractivity contribution >= 4 is 16.8 Å². The Kier molecular flexibility index (Phi) is 4.87. The molecular weight excluding hydrogens is 322 g/mol. The number of carbonyl (C=O) groups is 1. The number of hydrogen-bond acceptors (Lipinski definition) is 7. The number of hydrogen-bond donors (Lipinski definition) is 1. The first kappa shape index (κ1) is 16.8. The lowest BCUT2D eigenvalue weighted by atomic mass is 10.2. The van der Waals surface area contributed by atoms with Crippen LogP contribution in [0.1, 0.15) is 44.5 Å². The second-order valence-corrected chi connectivity index (χ2v) is 5.91. The van der Waals surface area contributed by atoms with Crippen LogP contribution in [0.3, 0.4) is 0 Å². The molecule has 8 nitrogen and oxygen atoms in total. The van der Waals surface area contributed by atoms with Crippen molar-refractivity contribution in [3.63, 3.8) is 0 Å². The van der Waals surface area contributed by atoms with Crippen LogP contribution in [-0.4, -0.2) is 32.7 Å². The van der Waals surface area contributed by atoms with Gasteiger partial charge in [-0.2, -0.15) is 0 Å². The quantitative estimate of drug-likeness (QED) is 0.734. The van der Waals surface area contributed by atoms with E-state index in [-0.39, 0.29) is 18.4 Å². The van der Waals surface area contributed by atoms with Crippen LogP contribution in [0.25, 0.3) is 10.9 Å². The summed E-state index contributed by atoms with van der Waals surface area (Å²) in [5.74, 6) is 1.11. The summed E-state index contributed by atoms with van der Waals surface area (Å²) in [4.78, 5) is 20.3. The van der Waals surface area contributed by atoms with E-state index in [4.69, 9.17) is 9.15 Å². The van der Waals surface area contributed by atoms with Gasteiger partial charge in [0.15, 0.2) is 6.61 Å². The van der Waals surface area contributed by atoms with Crippen LogP contribution in [0.4, 0.5) is 0 Å². The van der Waals surface area contributed by atoms with Gasteiger partial charge in [-0.25, -0.2) is 9.97 Å². The maximum Gasteiger partial charge on any atom is 0.258 e. The van der Waals surface area contributed by atoms with Gasteiger partial charge in [-0.05, 0) is 19.1 Å². The molecule has 0 saturated carbocycles. The zero-order chi connectivity index (χ0) is 17.8. The Hall–Kier alpha value is -3.03. The molecule has 1 N–H and O–H groups in total. The van der Waals surface area contributed by atoms with Crippen LogP contribution in [0.5, 0.6) is 5.88 Å². The lowest BCUT2D eigenvalue weighted by Crippen LogP contribution is -2.31. The minimum atomic E-state index is -0.404. The zero-order valence-corrected chi connectivity index (χ0v) is 14.3. The van der Waals surface area contributed by atoms with E-state index >= 15 is 0 Å². The minimum absolute atomic E-state index is 0.138. The molecule has 0 aliphatic carbocycles. The fourth-order valence-electron chi connectivity index (χ4n) is 2.23. The highest BCUT2D eigenvalue weighted by Gasteiger charge is 2.18. The number of nitrogens with zero attached hydrogens (tertiary/aromatic N) is 4. The molecule has 0 spiro atoms. The summed E-state index contributed by atoms with van der Waals surface area (Å²) in [5.41, 5.74) is 0.758. The predicted molar refractivity (Wildman–Crippen MR) is 90.0 cm³/mol. The predicted octanol–water partition coefficient (Wildman–Crippen LogP) is 2.39. The third-order valence-corrected chi connectivity index (χ3v) is 3.54. The summed E-state index contributed by atoms with van der Waals surface area (Å²) in [6, 6.07) is 7.04. The van der Waals surface area contributed by atoms with Crippen LogP contribution in [0, 0.1) is 0 Å². The number of benzene rings is 1. The van der Waals surface area contributed by atoms with E-state index in [1.807, 2.05) is 38.1 Å². The van der Waals surface area contributed by atoms with Gasteiger partial charge in [0, 0.05) is 5.92 Å². The lowest BCUT2D eigenvalue weighted by molar-refractivity contribution is -0.123. The molecule has 0 aliphatic heterocycles. The number of carbonyl (C=O) groups excluding carboxylic acids is 1. The third kappa shape index (κ3) is 3.90. The average molecular weight is 341 g/mol. The standard InChI is InChI=1S/C17H19N5O3/c1-10(2)15-21-22-16(25-15)11(3)20-14(23)8-24-17-12-6-4-5-7-13(12)18-9-19-17/h4-7,9-11H,8H2,1-3H3,(H,20,23)/t11-/m1/s1. The monoisotopic (exact) mass is 341 g/mol. The molecule has 2 heterocycles. The number of ether oxygens (including phenoxy) is 1. The Morgan fingerprint density at radius 1 is 1.16 bits per heavy atom. The van der Waals surface area contributed by atoms with Crippen molar-refractivity contribution in [2.45, 2.75) is 32.7 Å². The van der Waals surface area contributed by atoms with Gasteiger partial charge in [0.05, 0.1) is 10.9 Å². The van der Waals surface area contributed by atoms with Gasteiger partial charge < -0.3 is 14.5 Å². The molecule has 0 saturated heterocycles. The number of nitrogens with one attached hydrogen (secondary N) is 1. The van der Waals surface area contributed by atoms with Gasteiger partial charge in [-0.1, -0.05) is 26.0 Å². The van der Waals surface area contributed by atoms with Crippen molar-refractivity contribution in [2.75, 3.05) is 6.61 Å². The van der Waals surface area contributed by atoms with Gasteiger partial charge in [0.2, 0.25) is 17.7 Å². The highest BCUT2D eigenvalue weighted by molar-refractivity contribution is 5.84. The van der Waals surface area contributed by atoms with Gasteiger partial charge in [-0.3, -0.25) is 4.79 Å². The maximum atomic E-state index is 12.1. The molecule has 0 radical (unpaired) electrons. The Bertz CT molecular complexity index is 872. The van der Waals surface area contributed by atoms with E-state index in [1.165, 1.54) is 6.33 Å². The average Bonchev–Trinajstić information content (AvgIpc) is 3.10. The van der Waals surface area contributed by atoms with E-state index in [0.717, 1.165) is 10.9 Å². The smallest absolute Gasteiger partial charge is 0.258 e. The number of fused-ring (bicyclic) bond motifs is 1. The van der Waals surface area contributed by atoms with Crippen molar-refractivity contribution in [1.82, 2.24) is 25.5 Å². The van der Waals surface area contributed by atoms with Crippen molar-refractivity contribution in [3.8, 4) is 5.88 Å². The van der Waals surface area contributed by atoms with Crippen molar-refractivity contribution in [3.05, 3.63) is 42.4 Å². The number of aromatic nitrogens is 4. The van der Waals surface area contributed by atoms with E-state index in [2.05, 4.69) is 25.5 Å². The first-order valence-electron chi connectivity index (χ1n) is 7.99. The van der Waals surface area contributed by atoms with Gasteiger partial charge in [0.1, 0.15) is 12.4 Å². The molecule has 3 aromatic rings. The summed E-state index contributed by atoms with van der Waals surface area (Å²) < 4.78 is 11.1. The molecule has 8 heteroatoms. The normalized spacial score (nSPS) is 12.3. The highest BCUT2D eigenvalue weighted by Crippen LogP contribution is 2.20. The molecule has 1 atom stereocenters. The van der Waals surface area contributed by atoms with Crippen molar-refractivity contribution in [2.24, 2.45) is 0 Å².